The zero-order chi connectivity index (χ0) is 26.9. The van der Waals surface area contributed by atoms with E-state index in [1.54, 1.807) is 17.1 Å². The molecule has 3 aliphatic rings. The number of allylic oxidation sites excluding steroid dienone is 4. The molecule has 4 rings (SSSR count). The zero-order valence-electron chi connectivity index (χ0n) is 22.2. The molecule has 1 saturated heterocycles. The maximum Gasteiger partial charge on any atom is 0.252 e. The molecule has 0 spiro atoms. The number of halogens is 1. The summed E-state index contributed by atoms with van der Waals surface area (Å²) in [6, 6.07) is 9.94. The Balaban J connectivity index is 0.000000289. The number of hydrogen-bond acceptors (Lipinski definition) is 4. The quantitative estimate of drug-likeness (QED) is 0.416. The van der Waals surface area contributed by atoms with Gasteiger partial charge in [-0.15, -0.1) is 0 Å². The van der Waals surface area contributed by atoms with Crippen molar-refractivity contribution in [3.63, 3.8) is 0 Å². The van der Waals surface area contributed by atoms with Crippen molar-refractivity contribution in [2.45, 2.75) is 50.8 Å². The summed E-state index contributed by atoms with van der Waals surface area (Å²) in [5.74, 6) is -0.658. The van der Waals surface area contributed by atoms with Gasteiger partial charge in [0.1, 0.15) is 11.9 Å². The number of amides is 2. The molecular formula is C30H40FN3O3. The molecule has 0 radical (unpaired) electrons. The summed E-state index contributed by atoms with van der Waals surface area (Å²) in [6.07, 6.45) is 10.6. The van der Waals surface area contributed by atoms with E-state index in [9.17, 15) is 19.1 Å². The minimum absolute atomic E-state index is 0.0532. The second kappa shape index (κ2) is 13.5. The van der Waals surface area contributed by atoms with Gasteiger partial charge in [0.25, 0.3) is 5.91 Å². The number of piperidine rings is 1. The summed E-state index contributed by atoms with van der Waals surface area (Å²) in [7, 11) is 4.20. The number of aliphatic hydroxyl groups is 1. The minimum atomic E-state index is -0.981. The van der Waals surface area contributed by atoms with Crippen LogP contribution < -0.4 is 0 Å². The molecule has 2 amide bonds. The van der Waals surface area contributed by atoms with Crippen LogP contribution in [0.2, 0.25) is 0 Å². The monoisotopic (exact) mass is 509 g/mol. The van der Waals surface area contributed by atoms with Gasteiger partial charge in [0, 0.05) is 31.2 Å². The molecule has 2 fully saturated rings. The first kappa shape index (κ1) is 28.5. The molecule has 0 unspecified atom stereocenters. The van der Waals surface area contributed by atoms with Gasteiger partial charge >= 0.3 is 0 Å². The van der Waals surface area contributed by atoms with E-state index in [1.165, 1.54) is 6.08 Å². The number of nitrogens with zero attached hydrogens (tertiary/aromatic N) is 3. The van der Waals surface area contributed by atoms with Crippen LogP contribution in [0.3, 0.4) is 0 Å². The number of hydrogen-bond donors (Lipinski definition) is 1. The molecular weight excluding hydrogens is 469 g/mol. The highest BCUT2D eigenvalue weighted by molar-refractivity contribution is 5.83. The molecule has 2 atom stereocenters. The molecule has 200 valence electrons. The normalized spacial score (nSPS) is 21.5. The third kappa shape index (κ3) is 7.73. The zero-order valence-corrected chi connectivity index (χ0v) is 22.2. The molecule has 1 aliphatic carbocycles. The molecule has 2 aliphatic heterocycles. The summed E-state index contributed by atoms with van der Waals surface area (Å²) in [4.78, 5) is 28.9. The Morgan fingerprint density at radius 3 is 2.35 bits per heavy atom. The fourth-order valence-electron chi connectivity index (χ4n) is 4.68. The Bertz CT molecular complexity index is 1020. The van der Waals surface area contributed by atoms with Crippen molar-refractivity contribution in [3.8, 4) is 0 Å². The van der Waals surface area contributed by atoms with Gasteiger partial charge in [-0.25, -0.2) is 4.39 Å². The van der Waals surface area contributed by atoms with Crippen LogP contribution in [0.1, 0.15) is 44.2 Å². The number of aliphatic hydroxyl groups excluding tert-OH is 1. The lowest BCUT2D eigenvalue weighted by Gasteiger charge is -2.33. The lowest BCUT2D eigenvalue weighted by molar-refractivity contribution is -0.141. The van der Waals surface area contributed by atoms with Crippen LogP contribution in [-0.4, -0.2) is 78.0 Å². The smallest absolute Gasteiger partial charge is 0.252 e. The van der Waals surface area contributed by atoms with Crippen molar-refractivity contribution in [1.82, 2.24) is 14.7 Å². The van der Waals surface area contributed by atoms with Gasteiger partial charge in [-0.05, 0) is 69.8 Å². The average molecular weight is 510 g/mol. The van der Waals surface area contributed by atoms with Gasteiger partial charge in [0.05, 0.1) is 6.04 Å². The van der Waals surface area contributed by atoms with Gasteiger partial charge in [-0.1, -0.05) is 55.1 Å². The third-order valence-electron chi connectivity index (χ3n) is 7.27. The van der Waals surface area contributed by atoms with E-state index in [-0.39, 0.29) is 30.0 Å². The number of carbonyl (C=O) groups excluding carboxylic acids is 2. The van der Waals surface area contributed by atoms with E-state index in [0.717, 1.165) is 50.7 Å². The molecule has 6 nitrogen and oxygen atoms in total. The first-order valence-corrected chi connectivity index (χ1v) is 13.0. The van der Waals surface area contributed by atoms with Crippen LogP contribution in [0, 0.1) is 5.92 Å². The summed E-state index contributed by atoms with van der Waals surface area (Å²) < 4.78 is 14.3. The summed E-state index contributed by atoms with van der Waals surface area (Å²) in [6.45, 7) is 7.76. The van der Waals surface area contributed by atoms with Gasteiger partial charge in [-0.3, -0.25) is 9.59 Å². The topological polar surface area (TPSA) is 64.1 Å². The van der Waals surface area contributed by atoms with Gasteiger partial charge in [0.2, 0.25) is 6.41 Å². The van der Waals surface area contributed by atoms with Crippen molar-refractivity contribution < 1.29 is 19.1 Å². The highest BCUT2D eigenvalue weighted by Gasteiger charge is 2.41. The van der Waals surface area contributed by atoms with Crippen LogP contribution in [0.15, 0.2) is 78.2 Å². The van der Waals surface area contributed by atoms with Crippen LogP contribution >= 0.6 is 0 Å². The van der Waals surface area contributed by atoms with Crippen LogP contribution in [0.4, 0.5) is 4.39 Å². The Labute approximate surface area is 220 Å². The summed E-state index contributed by atoms with van der Waals surface area (Å²) >= 11 is 0. The molecule has 1 N–H and O–H groups in total. The van der Waals surface area contributed by atoms with E-state index in [1.807, 2.05) is 48.2 Å². The van der Waals surface area contributed by atoms with E-state index >= 15 is 0 Å². The second-order valence-electron chi connectivity index (χ2n) is 10.2. The predicted molar refractivity (Wildman–Crippen MR) is 145 cm³/mol. The minimum Gasteiger partial charge on any atom is -0.383 e. The Morgan fingerprint density at radius 1 is 1.16 bits per heavy atom. The van der Waals surface area contributed by atoms with E-state index in [2.05, 4.69) is 25.6 Å². The van der Waals surface area contributed by atoms with Crippen molar-refractivity contribution >= 4 is 12.3 Å². The molecule has 0 aromatic heterocycles. The molecule has 1 saturated carbocycles. The maximum absolute atomic E-state index is 14.3. The summed E-state index contributed by atoms with van der Waals surface area (Å²) in [5, 5.41) is 10.3. The Kier molecular flexibility index (Phi) is 10.4. The number of carbonyl (C=O) groups is 2. The third-order valence-corrected chi connectivity index (χ3v) is 7.27. The second-order valence-corrected chi connectivity index (χ2v) is 10.2. The number of likely N-dealkylation sites (tertiary alicyclic amines) is 1. The van der Waals surface area contributed by atoms with E-state index in [0.29, 0.717) is 11.6 Å². The predicted octanol–water partition coefficient (Wildman–Crippen LogP) is 4.42. The lowest BCUT2D eigenvalue weighted by Crippen LogP contribution is -2.41. The Hall–Kier alpha value is -3.03. The lowest BCUT2D eigenvalue weighted by atomic mass is 10.0. The molecule has 0 bridgehead atoms. The highest BCUT2D eigenvalue weighted by Crippen LogP contribution is 2.38. The van der Waals surface area contributed by atoms with Crippen LogP contribution in [0.25, 0.3) is 0 Å². The highest BCUT2D eigenvalue weighted by atomic mass is 19.1. The number of benzene rings is 1. The molecule has 37 heavy (non-hydrogen) atoms. The van der Waals surface area contributed by atoms with E-state index < -0.39 is 11.9 Å². The van der Waals surface area contributed by atoms with Crippen LogP contribution in [0.5, 0.6) is 0 Å². The average Bonchev–Trinajstić information content (AvgIpc) is 3.69. The maximum atomic E-state index is 14.3. The van der Waals surface area contributed by atoms with Gasteiger partial charge in [-0.2, -0.15) is 0 Å². The SMILES string of the molecule is C=C(C1=C[C@@H](c2ccccc2)N(C(=O)[C@@H](O)C2CC2)C1)/C(F)=C\C=C/C.CN(C)C1CCN(C=O)CC1. The Morgan fingerprint density at radius 2 is 1.81 bits per heavy atom. The van der Waals surface area contributed by atoms with Crippen LogP contribution in [-0.2, 0) is 9.59 Å². The molecule has 1 aromatic carbocycles. The fourth-order valence-corrected chi connectivity index (χ4v) is 4.68. The van der Waals surface area contributed by atoms with Crippen molar-refractivity contribution in [1.29, 1.82) is 0 Å². The van der Waals surface area contributed by atoms with Gasteiger partial charge < -0.3 is 19.8 Å². The largest absolute Gasteiger partial charge is 0.383 e. The van der Waals surface area contributed by atoms with Crippen molar-refractivity contribution in [2.75, 3.05) is 33.7 Å². The van der Waals surface area contributed by atoms with Crippen molar-refractivity contribution in [3.05, 3.63) is 83.8 Å². The first-order chi connectivity index (χ1) is 17.8. The fraction of sp³-hybridized carbons (Fsp3) is 0.467. The van der Waals surface area contributed by atoms with Gasteiger partial charge in [0.15, 0.2) is 0 Å². The standard InChI is InChI=1S/C22H24FNO2.C8H16N2O/c1-3-4-10-19(23)15(2)18-13-20(16-8-6-5-7-9-16)24(14-18)22(26)21(25)17-11-12-17;1-9(2)8-3-5-10(7-11)6-4-8/h3-10,13,17,20-21,25H,2,11-12,14H2,1H3;7-8H,3-6H2,1-2H3/b4-3-,19-10+;/t20-,21-;/m0./s1. The summed E-state index contributed by atoms with van der Waals surface area (Å²) in [5.41, 5.74) is 1.89. The number of rotatable bonds is 8. The molecule has 1 aromatic rings. The van der Waals surface area contributed by atoms with Crippen molar-refractivity contribution in [2.24, 2.45) is 5.92 Å². The molecule has 7 heteroatoms. The molecule has 2 heterocycles. The first-order valence-electron chi connectivity index (χ1n) is 13.0. The van der Waals surface area contributed by atoms with E-state index in [4.69, 9.17) is 0 Å².